The van der Waals surface area contributed by atoms with Gasteiger partial charge in [-0.15, -0.1) is 0 Å². The van der Waals surface area contributed by atoms with Crippen molar-refractivity contribution in [3.63, 3.8) is 0 Å². The number of hydrogen-bond acceptors (Lipinski definition) is 6. The van der Waals surface area contributed by atoms with Gasteiger partial charge in [-0.1, -0.05) is 0 Å². The highest BCUT2D eigenvalue weighted by atomic mass is 16.7. The minimum Gasteiger partial charge on any atom is -0.444 e. The van der Waals surface area contributed by atoms with Crippen molar-refractivity contribution in [1.82, 2.24) is 9.88 Å². The van der Waals surface area contributed by atoms with Gasteiger partial charge in [-0.05, 0) is 50.8 Å². The van der Waals surface area contributed by atoms with Gasteiger partial charge < -0.3 is 24.4 Å². The number of aryl methyl sites for hydroxylation is 1. The summed E-state index contributed by atoms with van der Waals surface area (Å²) in [6, 6.07) is 2.08. The van der Waals surface area contributed by atoms with Gasteiger partial charge in [0.1, 0.15) is 17.1 Å². The number of anilines is 1. The average molecular weight is 351 g/mol. The molecule has 25 heavy (non-hydrogen) atoms. The number of ether oxygens (including phenoxy) is 3. The first-order valence-corrected chi connectivity index (χ1v) is 8.51. The van der Waals surface area contributed by atoms with Crippen LogP contribution in [0, 0.1) is 0 Å². The second-order valence-corrected chi connectivity index (χ2v) is 7.21. The molecule has 1 aliphatic rings. The summed E-state index contributed by atoms with van der Waals surface area (Å²) in [5, 5.41) is 3.31. The molecule has 1 aromatic heterocycles. The number of amides is 1. The molecule has 7 heteroatoms. The molecule has 0 bridgehead atoms. The number of nitrogens with zero attached hydrogens (tertiary/aromatic N) is 2. The molecule has 7 nitrogen and oxygen atoms in total. The van der Waals surface area contributed by atoms with Gasteiger partial charge in [-0.3, -0.25) is 0 Å². The molecular formula is C18H29N3O4. The predicted molar refractivity (Wildman–Crippen MR) is 95.5 cm³/mol. The third-order valence-electron chi connectivity index (χ3n) is 3.89. The lowest BCUT2D eigenvalue weighted by Gasteiger charge is -2.27. The lowest BCUT2D eigenvalue weighted by atomic mass is 10.0. The van der Waals surface area contributed by atoms with Gasteiger partial charge in [0.05, 0.1) is 6.54 Å². The Bertz CT molecular complexity index is 609. The first-order chi connectivity index (χ1) is 11.7. The summed E-state index contributed by atoms with van der Waals surface area (Å²) in [5.74, 6) is 0.865. The average Bonchev–Trinajstić information content (AvgIpc) is 2.54. The number of aromatic nitrogens is 1. The summed E-state index contributed by atoms with van der Waals surface area (Å²) < 4.78 is 16.2. The van der Waals surface area contributed by atoms with Crippen LogP contribution in [0.15, 0.2) is 6.07 Å². The van der Waals surface area contributed by atoms with E-state index in [-0.39, 0.29) is 6.09 Å². The van der Waals surface area contributed by atoms with Gasteiger partial charge in [0, 0.05) is 27.8 Å². The summed E-state index contributed by atoms with van der Waals surface area (Å²) in [6.07, 6.45) is 1.06. The molecule has 1 N–H and O–H groups in total. The van der Waals surface area contributed by atoms with Crippen LogP contribution >= 0.6 is 0 Å². The molecule has 0 spiro atoms. The summed E-state index contributed by atoms with van der Waals surface area (Å²) in [7, 11) is 4.86. The van der Waals surface area contributed by atoms with Gasteiger partial charge in [-0.2, -0.15) is 0 Å². The number of hydrogen-bond donors (Lipinski definition) is 1. The van der Waals surface area contributed by atoms with Crippen LogP contribution in [0.25, 0.3) is 0 Å². The van der Waals surface area contributed by atoms with E-state index in [1.165, 1.54) is 4.90 Å². The molecule has 0 unspecified atom stereocenters. The van der Waals surface area contributed by atoms with E-state index in [9.17, 15) is 4.79 Å². The van der Waals surface area contributed by atoms with E-state index in [1.54, 1.807) is 21.3 Å². The van der Waals surface area contributed by atoms with E-state index in [1.807, 2.05) is 20.8 Å². The second-order valence-electron chi connectivity index (χ2n) is 7.21. The van der Waals surface area contributed by atoms with Crippen LogP contribution in [0.2, 0.25) is 0 Å². The van der Waals surface area contributed by atoms with Crippen LogP contribution in [-0.2, 0) is 27.2 Å². The zero-order valence-electron chi connectivity index (χ0n) is 16.0. The van der Waals surface area contributed by atoms with Crippen molar-refractivity contribution in [2.75, 3.05) is 33.1 Å². The molecule has 0 fully saturated rings. The smallest absolute Gasteiger partial charge is 0.410 e. The number of nitrogens with one attached hydrogen (secondary N) is 1. The standard InChI is InChI=1S/C18H29N3O4/c1-18(2,3)25-17(22)21(4)11-13-10-12-8-7-9-19-15(12)20-14(13)16(23-5)24-6/h10,16H,7-9,11H2,1-6H3,(H,19,20). The summed E-state index contributed by atoms with van der Waals surface area (Å²) in [6.45, 7) is 6.82. The molecule has 0 aliphatic carbocycles. The number of carbonyl (C=O) groups is 1. The summed E-state index contributed by atoms with van der Waals surface area (Å²) in [4.78, 5) is 18.5. The first-order valence-electron chi connectivity index (χ1n) is 8.51. The molecule has 1 amide bonds. The van der Waals surface area contributed by atoms with Crippen molar-refractivity contribution in [2.24, 2.45) is 0 Å². The van der Waals surface area contributed by atoms with E-state index in [0.29, 0.717) is 12.2 Å². The Morgan fingerprint density at radius 1 is 1.36 bits per heavy atom. The van der Waals surface area contributed by atoms with Crippen molar-refractivity contribution in [1.29, 1.82) is 0 Å². The third-order valence-corrected chi connectivity index (χ3v) is 3.89. The molecule has 0 atom stereocenters. The van der Waals surface area contributed by atoms with E-state index < -0.39 is 11.9 Å². The maximum absolute atomic E-state index is 12.3. The largest absolute Gasteiger partial charge is 0.444 e. The van der Waals surface area contributed by atoms with Crippen molar-refractivity contribution in [3.8, 4) is 0 Å². The normalized spacial score (nSPS) is 14.0. The van der Waals surface area contributed by atoms with Gasteiger partial charge >= 0.3 is 6.09 Å². The number of pyridine rings is 1. The van der Waals surface area contributed by atoms with Crippen molar-refractivity contribution < 1.29 is 19.0 Å². The molecule has 0 saturated carbocycles. The van der Waals surface area contributed by atoms with Crippen LogP contribution in [0.3, 0.4) is 0 Å². The van der Waals surface area contributed by atoms with Gasteiger partial charge in [0.25, 0.3) is 0 Å². The molecule has 0 saturated heterocycles. The molecule has 140 valence electrons. The van der Waals surface area contributed by atoms with Gasteiger partial charge in [-0.25, -0.2) is 9.78 Å². The topological polar surface area (TPSA) is 72.9 Å². The Balaban J connectivity index is 2.29. The minimum absolute atomic E-state index is 0.369. The quantitative estimate of drug-likeness (QED) is 0.822. The SMILES string of the molecule is COC(OC)c1nc2c(cc1CN(C)C(=O)OC(C)(C)C)CCCN2. The van der Waals surface area contributed by atoms with E-state index in [4.69, 9.17) is 19.2 Å². The molecule has 2 heterocycles. The predicted octanol–water partition coefficient (Wildman–Crippen LogP) is 3.10. The van der Waals surface area contributed by atoms with Crippen molar-refractivity contribution in [3.05, 3.63) is 22.9 Å². The highest BCUT2D eigenvalue weighted by Crippen LogP contribution is 2.28. The van der Waals surface area contributed by atoms with Crippen LogP contribution in [0.1, 0.15) is 50.3 Å². The molecule has 0 radical (unpaired) electrons. The maximum Gasteiger partial charge on any atom is 0.410 e. The Labute approximate surface area is 149 Å². The van der Waals surface area contributed by atoms with Crippen molar-refractivity contribution >= 4 is 11.9 Å². The Morgan fingerprint density at radius 2 is 2.04 bits per heavy atom. The molecule has 2 rings (SSSR count). The van der Waals surface area contributed by atoms with E-state index in [0.717, 1.165) is 36.3 Å². The highest BCUT2D eigenvalue weighted by molar-refractivity contribution is 5.68. The lowest BCUT2D eigenvalue weighted by molar-refractivity contribution is -0.109. The third kappa shape index (κ3) is 5.06. The summed E-state index contributed by atoms with van der Waals surface area (Å²) in [5.41, 5.74) is 2.18. The molecular weight excluding hydrogens is 322 g/mol. The monoisotopic (exact) mass is 351 g/mol. The lowest BCUT2D eigenvalue weighted by Crippen LogP contribution is -2.34. The van der Waals surface area contributed by atoms with Crippen LogP contribution < -0.4 is 5.32 Å². The second kappa shape index (κ2) is 8.01. The van der Waals surface area contributed by atoms with Crippen LogP contribution in [0.4, 0.5) is 10.6 Å². The summed E-state index contributed by atoms with van der Waals surface area (Å²) >= 11 is 0. The van der Waals surface area contributed by atoms with E-state index >= 15 is 0 Å². The zero-order chi connectivity index (χ0) is 18.6. The minimum atomic E-state index is -0.587. The fourth-order valence-electron chi connectivity index (χ4n) is 2.76. The van der Waals surface area contributed by atoms with Gasteiger partial charge in [0.2, 0.25) is 6.29 Å². The van der Waals surface area contributed by atoms with Gasteiger partial charge in [0.15, 0.2) is 0 Å². The maximum atomic E-state index is 12.3. The highest BCUT2D eigenvalue weighted by Gasteiger charge is 2.25. The fraction of sp³-hybridized carbons (Fsp3) is 0.667. The fourth-order valence-corrected chi connectivity index (χ4v) is 2.76. The molecule has 0 aromatic carbocycles. The van der Waals surface area contributed by atoms with Crippen molar-refractivity contribution in [2.45, 2.75) is 52.0 Å². The number of carbonyl (C=O) groups excluding carboxylic acids is 1. The number of methoxy groups -OCH3 is 2. The zero-order valence-corrected chi connectivity index (χ0v) is 16.0. The van der Waals surface area contributed by atoms with Crippen LogP contribution in [0.5, 0.6) is 0 Å². The molecule has 1 aromatic rings. The Hall–Kier alpha value is -1.86. The Morgan fingerprint density at radius 3 is 2.64 bits per heavy atom. The Kier molecular flexibility index (Phi) is 6.24. The molecule has 1 aliphatic heterocycles. The number of rotatable bonds is 5. The van der Waals surface area contributed by atoms with Crippen LogP contribution in [-0.4, -0.2) is 49.4 Å². The van der Waals surface area contributed by atoms with E-state index in [2.05, 4.69) is 11.4 Å². The first kappa shape index (κ1) is 19.5. The number of fused-ring (bicyclic) bond motifs is 1.